The van der Waals surface area contributed by atoms with Crippen molar-refractivity contribution in [1.29, 1.82) is 0 Å². The molecular weight excluding hydrogens is 354 g/mol. The standard InChI is InChI=1S/C19H20ClN3OS/c1-12-6-8-23(9-7-12)10-16-21-18(24)17-14(11-25-19(17)22-16)13-4-2-3-5-15(13)20/h2-5,11-12H,6-10H2,1H3,(H,21,22,24)/p+1. The first kappa shape index (κ1) is 16.8. The van der Waals surface area contributed by atoms with E-state index in [0.29, 0.717) is 10.4 Å². The second-order valence-corrected chi connectivity index (χ2v) is 8.20. The lowest BCUT2D eigenvalue weighted by molar-refractivity contribution is -0.920. The number of likely N-dealkylation sites (tertiary alicyclic amines) is 1. The van der Waals surface area contributed by atoms with E-state index >= 15 is 0 Å². The summed E-state index contributed by atoms with van der Waals surface area (Å²) in [6.45, 7) is 5.40. The maximum absolute atomic E-state index is 12.7. The molecule has 0 amide bonds. The molecule has 0 unspecified atom stereocenters. The summed E-state index contributed by atoms with van der Waals surface area (Å²) >= 11 is 7.82. The maximum Gasteiger partial charge on any atom is 0.260 e. The van der Waals surface area contributed by atoms with Crippen LogP contribution in [0.4, 0.5) is 0 Å². The van der Waals surface area contributed by atoms with Crippen LogP contribution in [0.5, 0.6) is 0 Å². The number of hydrogen-bond donors (Lipinski definition) is 2. The predicted molar refractivity (Wildman–Crippen MR) is 103 cm³/mol. The summed E-state index contributed by atoms with van der Waals surface area (Å²) in [4.78, 5) is 22.7. The van der Waals surface area contributed by atoms with E-state index in [0.717, 1.165) is 47.3 Å². The van der Waals surface area contributed by atoms with Crippen molar-refractivity contribution < 1.29 is 4.90 Å². The lowest BCUT2D eigenvalue weighted by atomic mass is 9.99. The van der Waals surface area contributed by atoms with Gasteiger partial charge in [0.05, 0.1) is 18.5 Å². The van der Waals surface area contributed by atoms with Gasteiger partial charge in [0.2, 0.25) is 0 Å². The van der Waals surface area contributed by atoms with Crippen LogP contribution >= 0.6 is 22.9 Å². The molecule has 6 heteroatoms. The van der Waals surface area contributed by atoms with Gasteiger partial charge in [-0.15, -0.1) is 11.3 Å². The van der Waals surface area contributed by atoms with Gasteiger partial charge in [0.1, 0.15) is 11.4 Å². The van der Waals surface area contributed by atoms with Gasteiger partial charge in [-0.1, -0.05) is 36.7 Å². The summed E-state index contributed by atoms with van der Waals surface area (Å²) in [5.74, 6) is 1.60. The van der Waals surface area contributed by atoms with Crippen LogP contribution in [0.2, 0.25) is 5.02 Å². The number of aromatic amines is 1. The molecule has 0 atom stereocenters. The fraction of sp³-hybridized carbons (Fsp3) is 0.368. The van der Waals surface area contributed by atoms with Gasteiger partial charge in [0.15, 0.2) is 5.82 Å². The van der Waals surface area contributed by atoms with Gasteiger partial charge < -0.3 is 9.88 Å². The average Bonchev–Trinajstić information content (AvgIpc) is 3.02. The van der Waals surface area contributed by atoms with Gasteiger partial charge in [0, 0.05) is 21.5 Å². The van der Waals surface area contributed by atoms with Crippen molar-refractivity contribution >= 4 is 33.2 Å². The predicted octanol–water partition coefficient (Wildman–Crippen LogP) is 3.12. The molecule has 0 spiro atoms. The highest BCUT2D eigenvalue weighted by molar-refractivity contribution is 7.17. The van der Waals surface area contributed by atoms with Gasteiger partial charge in [-0.2, -0.15) is 0 Å². The largest absolute Gasteiger partial charge is 0.329 e. The topological polar surface area (TPSA) is 50.2 Å². The number of fused-ring (bicyclic) bond motifs is 1. The quantitative estimate of drug-likeness (QED) is 0.740. The zero-order chi connectivity index (χ0) is 17.4. The van der Waals surface area contributed by atoms with Crippen LogP contribution in [0.25, 0.3) is 21.3 Å². The Hall–Kier alpha value is -1.69. The van der Waals surface area contributed by atoms with E-state index in [1.807, 2.05) is 29.6 Å². The highest BCUT2D eigenvalue weighted by atomic mass is 35.5. The number of thiophene rings is 1. The molecular formula is C19H21ClN3OS+. The highest BCUT2D eigenvalue weighted by Crippen LogP contribution is 2.34. The molecule has 25 heavy (non-hydrogen) atoms. The molecule has 0 bridgehead atoms. The van der Waals surface area contributed by atoms with Crippen molar-refractivity contribution in [3.63, 3.8) is 0 Å². The van der Waals surface area contributed by atoms with Gasteiger partial charge in [-0.25, -0.2) is 4.98 Å². The summed E-state index contributed by atoms with van der Waals surface area (Å²) in [7, 11) is 0. The molecule has 3 aromatic rings. The SMILES string of the molecule is CC1CC[NH+](Cc2nc3scc(-c4ccccc4Cl)c3c(=O)[nH]2)CC1. The second-order valence-electron chi connectivity index (χ2n) is 6.93. The summed E-state index contributed by atoms with van der Waals surface area (Å²) in [5, 5.41) is 3.27. The van der Waals surface area contributed by atoms with Crippen molar-refractivity contribution in [2.24, 2.45) is 5.92 Å². The Morgan fingerprint density at radius 3 is 2.80 bits per heavy atom. The molecule has 130 valence electrons. The second kappa shape index (κ2) is 6.90. The first-order valence-electron chi connectivity index (χ1n) is 8.70. The van der Waals surface area contributed by atoms with Crippen LogP contribution in [0.1, 0.15) is 25.6 Å². The normalized spacial score (nSPS) is 20.9. The Morgan fingerprint density at radius 2 is 2.04 bits per heavy atom. The van der Waals surface area contributed by atoms with E-state index in [2.05, 4.69) is 11.9 Å². The molecule has 0 aliphatic carbocycles. The Kier molecular flexibility index (Phi) is 4.63. The molecule has 1 aromatic carbocycles. The Bertz CT molecular complexity index is 957. The summed E-state index contributed by atoms with van der Waals surface area (Å²) < 4.78 is 0. The van der Waals surface area contributed by atoms with Crippen LogP contribution < -0.4 is 10.5 Å². The molecule has 3 heterocycles. The van der Waals surface area contributed by atoms with E-state index in [1.165, 1.54) is 29.1 Å². The monoisotopic (exact) mass is 374 g/mol. The minimum Gasteiger partial charge on any atom is -0.329 e. The Morgan fingerprint density at radius 1 is 1.28 bits per heavy atom. The van der Waals surface area contributed by atoms with E-state index < -0.39 is 0 Å². The number of nitrogens with zero attached hydrogens (tertiary/aromatic N) is 1. The van der Waals surface area contributed by atoms with Crippen molar-refractivity contribution in [2.45, 2.75) is 26.3 Å². The van der Waals surface area contributed by atoms with E-state index in [-0.39, 0.29) is 5.56 Å². The molecule has 0 radical (unpaired) electrons. The van der Waals surface area contributed by atoms with Gasteiger partial charge >= 0.3 is 0 Å². The lowest BCUT2D eigenvalue weighted by Gasteiger charge is -2.26. The number of benzene rings is 1. The number of halogens is 1. The molecule has 0 saturated carbocycles. The Balaban J connectivity index is 1.68. The smallest absolute Gasteiger partial charge is 0.260 e. The number of H-pyrrole nitrogens is 1. The molecule has 1 saturated heterocycles. The van der Waals surface area contributed by atoms with E-state index in [1.54, 1.807) is 0 Å². The third-order valence-corrected chi connectivity index (χ3v) is 6.26. The summed E-state index contributed by atoms with van der Waals surface area (Å²) in [5.41, 5.74) is 1.68. The van der Waals surface area contributed by atoms with Crippen LogP contribution in [0.3, 0.4) is 0 Å². The molecule has 4 rings (SSSR count). The zero-order valence-electron chi connectivity index (χ0n) is 14.1. The van der Waals surface area contributed by atoms with Gasteiger partial charge in [-0.3, -0.25) is 4.79 Å². The number of aromatic nitrogens is 2. The van der Waals surface area contributed by atoms with Crippen molar-refractivity contribution in [3.05, 3.63) is 50.8 Å². The number of hydrogen-bond acceptors (Lipinski definition) is 3. The molecule has 1 aliphatic heterocycles. The first-order valence-corrected chi connectivity index (χ1v) is 9.96. The Labute approximate surface area is 155 Å². The van der Waals surface area contributed by atoms with Gasteiger partial charge in [0.25, 0.3) is 5.56 Å². The van der Waals surface area contributed by atoms with Crippen LogP contribution in [0.15, 0.2) is 34.4 Å². The first-order chi connectivity index (χ1) is 12.1. The molecule has 1 aliphatic rings. The summed E-state index contributed by atoms with van der Waals surface area (Å²) in [6, 6.07) is 7.61. The van der Waals surface area contributed by atoms with E-state index in [4.69, 9.17) is 16.6 Å². The lowest BCUT2D eigenvalue weighted by Crippen LogP contribution is -3.11. The van der Waals surface area contributed by atoms with E-state index in [9.17, 15) is 4.79 Å². The van der Waals surface area contributed by atoms with Crippen LogP contribution in [-0.4, -0.2) is 23.1 Å². The van der Waals surface area contributed by atoms with Crippen molar-refractivity contribution in [3.8, 4) is 11.1 Å². The molecule has 2 aromatic heterocycles. The fourth-order valence-electron chi connectivity index (χ4n) is 3.54. The number of piperidine rings is 1. The highest BCUT2D eigenvalue weighted by Gasteiger charge is 2.21. The van der Waals surface area contributed by atoms with Crippen molar-refractivity contribution in [1.82, 2.24) is 9.97 Å². The maximum atomic E-state index is 12.7. The number of quaternary nitrogens is 1. The summed E-state index contributed by atoms with van der Waals surface area (Å²) in [6.07, 6.45) is 2.49. The zero-order valence-corrected chi connectivity index (χ0v) is 15.7. The van der Waals surface area contributed by atoms with Crippen LogP contribution in [0, 0.1) is 5.92 Å². The minimum atomic E-state index is -0.0686. The molecule has 2 N–H and O–H groups in total. The number of rotatable bonds is 3. The number of nitrogens with one attached hydrogen (secondary N) is 2. The van der Waals surface area contributed by atoms with Crippen molar-refractivity contribution in [2.75, 3.05) is 13.1 Å². The minimum absolute atomic E-state index is 0.0686. The molecule has 4 nitrogen and oxygen atoms in total. The van der Waals surface area contributed by atoms with Crippen LogP contribution in [-0.2, 0) is 6.54 Å². The average molecular weight is 375 g/mol. The fourth-order valence-corrected chi connectivity index (χ4v) is 4.73. The third kappa shape index (κ3) is 3.36. The molecule has 1 fully saturated rings. The van der Waals surface area contributed by atoms with Gasteiger partial charge in [-0.05, 0) is 24.8 Å². The third-order valence-electron chi connectivity index (χ3n) is 5.06.